The summed E-state index contributed by atoms with van der Waals surface area (Å²) in [4.78, 5) is 31.7. The van der Waals surface area contributed by atoms with Crippen LogP contribution in [-0.2, 0) is 4.79 Å². The summed E-state index contributed by atoms with van der Waals surface area (Å²) in [5.74, 6) is 1.25. The van der Waals surface area contributed by atoms with E-state index in [9.17, 15) is 9.59 Å². The number of rotatable bonds is 5. The molecule has 0 radical (unpaired) electrons. The highest BCUT2D eigenvalue weighted by Crippen LogP contribution is 2.28. The molecule has 166 valence electrons. The van der Waals surface area contributed by atoms with Crippen molar-refractivity contribution < 1.29 is 9.53 Å². The fraction of sp³-hybridized carbons (Fsp3) is 0.192. The van der Waals surface area contributed by atoms with Gasteiger partial charge in [0.15, 0.2) is 0 Å². The van der Waals surface area contributed by atoms with Crippen molar-refractivity contribution in [1.29, 1.82) is 0 Å². The van der Waals surface area contributed by atoms with Crippen LogP contribution >= 0.6 is 0 Å². The van der Waals surface area contributed by atoms with Crippen LogP contribution in [0.2, 0.25) is 0 Å². The average molecular weight is 441 g/mol. The van der Waals surface area contributed by atoms with Crippen LogP contribution in [-0.4, -0.2) is 38.0 Å². The van der Waals surface area contributed by atoms with Gasteiger partial charge in [0.1, 0.15) is 11.5 Å². The van der Waals surface area contributed by atoms with Gasteiger partial charge in [-0.1, -0.05) is 30.3 Å². The highest BCUT2D eigenvalue weighted by Gasteiger charge is 2.30. The van der Waals surface area contributed by atoms with Gasteiger partial charge in [0.2, 0.25) is 5.91 Å². The van der Waals surface area contributed by atoms with Gasteiger partial charge in [-0.25, -0.2) is 4.79 Å². The van der Waals surface area contributed by atoms with Gasteiger partial charge in [0.05, 0.1) is 29.0 Å². The molecule has 0 unspecified atom stereocenters. The number of fused-ring (bicyclic) bond motifs is 1. The van der Waals surface area contributed by atoms with Crippen LogP contribution in [0.25, 0.3) is 16.7 Å². The number of benzene rings is 2. The van der Waals surface area contributed by atoms with Crippen LogP contribution in [0.1, 0.15) is 18.0 Å². The normalized spacial score (nSPS) is 15.7. The maximum absolute atomic E-state index is 13.7. The molecule has 0 N–H and O–H groups in total. The van der Waals surface area contributed by atoms with Crippen LogP contribution in [0.15, 0.2) is 84.4 Å². The third-order valence-electron chi connectivity index (χ3n) is 6.02. The van der Waals surface area contributed by atoms with Crippen LogP contribution in [0, 0.1) is 6.92 Å². The van der Waals surface area contributed by atoms with E-state index in [4.69, 9.17) is 4.74 Å². The number of amides is 1. The molecule has 0 aliphatic carbocycles. The average Bonchev–Trinajstić information content (AvgIpc) is 3.42. The maximum Gasteiger partial charge on any atom is 0.334 e. The first kappa shape index (κ1) is 20.8. The fourth-order valence-electron chi connectivity index (χ4n) is 4.38. The summed E-state index contributed by atoms with van der Waals surface area (Å²) in [5.41, 5.74) is 3.19. The van der Waals surface area contributed by atoms with Crippen molar-refractivity contribution in [3.8, 4) is 17.2 Å². The summed E-state index contributed by atoms with van der Waals surface area (Å²) in [6, 6.07) is 17.0. The van der Waals surface area contributed by atoms with Gasteiger partial charge in [-0.2, -0.15) is 0 Å². The number of pyridine rings is 1. The maximum atomic E-state index is 13.7. The lowest BCUT2D eigenvalue weighted by molar-refractivity contribution is -0.125. The highest BCUT2D eigenvalue weighted by atomic mass is 16.5. The Bertz CT molecular complexity index is 1400. The minimum Gasteiger partial charge on any atom is -0.457 e. The summed E-state index contributed by atoms with van der Waals surface area (Å²) in [5, 5.41) is 0. The first-order chi connectivity index (χ1) is 16.0. The van der Waals surface area contributed by atoms with Crippen molar-refractivity contribution in [1.82, 2.24) is 19.0 Å². The molecule has 3 heterocycles. The standard InChI is InChI=1S/C26H24N4O3/c1-3-25(31)28-14-12-20(17-28)30-23-11-13-27-16-24(23)29(26(30)32)19-5-4-6-22(15-19)33-21-9-7-18(2)8-10-21/h3-11,13,15-16,20H,1,12,14,17H2,2H3/t20-/m1/s1. The van der Waals surface area contributed by atoms with E-state index in [1.807, 2.05) is 61.5 Å². The van der Waals surface area contributed by atoms with Crippen LogP contribution in [0.3, 0.4) is 0 Å². The molecule has 1 aliphatic rings. The second-order valence-electron chi connectivity index (χ2n) is 8.20. The molecule has 2 aromatic heterocycles. The second-order valence-corrected chi connectivity index (χ2v) is 8.20. The lowest BCUT2D eigenvalue weighted by atomic mass is 10.2. The quantitative estimate of drug-likeness (QED) is 0.435. The van der Waals surface area contributed by atoms with Gasteiger partial charge >= 0.3 is 5.69 Å². The molecule has 4 aromatic rings. The van der Waals surface area contributed by atoms with E-state index in [1.54, 1.807) is 26.4 Å². The van der Waals surface area contributed by atoms with Crippen molar-refractivity contribution in [3.05, 3.63) is 95.7 Å². The molecule has 1 atom stereocenters. The van der Waals surface area contributed by atoms with Crippen LogP contribution in [0.5, 0.6) is 11.5 Å². The number of imidazole rings is 1. The summed E-state index contributed by atoms with van der Waals surface area (Å²) in [6.07, 6.45) is 5.40. The number of nitrogens with zero attached hydrogens (tertiary/aromatic N) is 4. The highest BCUT2D eigenvalue weighted by molar-refractivity contribution is 5.87. The molecule has 0 saturated carbocycles. The Morgan fingerprint density at radius 3 is 2.73 bits per heavy atom. The van der Waals surface area contributed by atoms with Gasteiger partial charge in [-0.05, 0) is 49.8 Å². The molecule has 1 fully saturated rings. The molecule has 0 bridgehead atoms. The SMILES string of the molecule is C=CC(=O)N1CC[C@@H](n2c(=O)n(-c3cccc(Oc4ccc(C)cc4)c3)c3cnccc32)C1. The Hall–Kier alpha value is -4.13. The third kappa shape index (κ3) is 3.82. The number of aromatic nitrogens is 3. The Balaban J connectivity index is 1.55. The Morgan fingerprint density at radius 2 is 1.94 bits per heavy atom. The molecular formula is C26H24N4O3. The molecule has 2 aromatic carbocycles. The van der Waals surface area contributed by atoms with Gasteiger partial charge < -0.3 is 9.64 Å². The van der Waals surface area contributed by atoms with Crippen LogP contribution in [0.4, 0.5) is 0 Å². The lowest BCUT2D eigenvalue weighted by Crippen LogP contribution is -2.31. The number of aryl methyl sites for hydroxylation is 1. The first-order valence-corrected chi connectivity index (χ1v) is 10.9. The minimum absolute atomic E-state index is 0.112. The number of hydrogen-bond donors (Lipinski definition) is 0. The summed E-state index contributed by atoms with van der Waals surface area (Å²) in [7, 11) is 0. The third-order valence-corrected chi connectivity index (χ3v) is 6.02. The molecule has 7 heteroatoms. The fourth-order valence-corrected chi connectivity index (χ4v) is 4.38. The zero-order valence-corrected chi connectivity index (χ0v) is 18.3. The zero-order chi connectivity index (χ0) is 22.9. The summed E-state index contributed by atoms with van der Waals surface area (Å²) < 4.78 is 9.45. The summed E-state index contributed by atoms with van der Waals surface area (Å²) in [6.45, 7) is 6.67. The molecule has 1 aliphatic heterocycles. The molecule has 5 rings (SSSR count). The molecule has 1 amide bonds. The van der Waals surface area contributed by atoms with Crippen molar-refractivity contribution in [2.75, 3.05) is 13.1 Å². The molecular weight excluding hydrogens is 416 g/mol. The van der Waals surface area contributed by atoms with E-state index in [2.05, 4.69) is 11.6 Å². The van der Waals surface area contributed by atoms with E-state index < -0.39 is 0 Å². The van der Waals surface area contributed by atoms with E-state index in [-0.39, 0.29) is 17.6 Å². The van der Waals surface area contributed by atoms with Crippen molar-refractivity contribution in [2.45, 2.75) is 19.4 Å². The largest absolute Gasteiger partial charge is 0.457 e. The smallest absolute Gasteiger partial charge is 0.334 e. The van der Waals surface area contributed by atoms with Crippen molar-refractivity contribution >= 4 is 16.9 Å². The monoisotopic (exact) mass is 440 g/mol. The van der Waals surface area contributed by atoms with E-state index in [1.165, 1.54) is 6.08 Å². The topological polar surface area (TPSA) is 69.4 Å². The predicted octanol–water partition coefficient (Wildman–Crippen LogP) is 4.25. The Kier molecular flexibility index (Phi) is 5.30. The lowest BCUT2D eigenvalue weighted by Gasteiger charge is -2.15. The zero-order valence-electron chi connectivity index (χ0n) is 18.3. The first-order valence-electron chi connectivity index (χ1n) is 10.9. The Labute approximate surface area is 191 Å². The molecule has 0 spiro atoms. The summed E-state index contributed by atoms with van der Waals surface area (Å²) >= 11 is 0. The molecule has 7 nitrogen and oxygen atoms in total. The van der Waals surface area contributed by atoms with Gasteiger partial charge in [-0.3, -0.25) is 18.9 Å². The second kappa shape index (κ2) is 8.43. The minimum atomic E-state index is -0.164. The number of carbonyl (C=O) groups is 1. The van der Waals surface area contributed by atoms with Crippen molar-refractivity contribution in [3.63, 3.8) is 0 Å². The van der Waals surface area contributed by atoms with Gasteiger partial charge in [0.25, 0.3) is 0 Å². The Morgan fingerprint density at radius 1 is 1.12 bits per heavy atom. The number of likely N-dealkylation sites (tertiary alicyclic amines) is 1. The van der Waals surface area contributed by atoms with E-state index in [0.717, 1.165) is 16.8 Å². The number of ether oxygens (including phenoxy) is 1. The van der Waals surface area contributed by atoms with Gasteiger partial charge in [0, 0.05) is 25.4 Å². The van der Waals surface area contributed by atoms with E-state index >= 15 is 0 Å². The van der Waals surface area contributed by atoms with Crippen molar-refractivity contribution in [2.24, 2.45) is 0 Å². The number of hydrogen-bond acceptors (Lipinski definition) is 4. The van der Waals surface area contributed by atoms with E-state index in [0.29, 0.717) is 36.5 Å². The number of carbonyl (C=O) groups excluding carboxylic acids is 1. The van der Waals surface area contributed by atoms with Gasteiger partial charge in [-0.15, -0.1) is 0 Å². The molecule has 33 heavy (non-hydrogen) atoms. The predicted molar refractivity (Wildman–Crippen MR) is 127 cm³/mol. The van der Waals surface area contributed by atoms with Crippen LogP contribution < -0.4 is 10.4 Å². The molecule has 1 saturated heterocycles.